The molecule has 0 aliphatic rings. The lowest BCUT2D eigenvalue weighted by Crippen LogP contribution is -2.30. The average Bonchev–Trinajstić information content (AvgIpc) is 2.37. The van der Waals surface area contributed by atoms with Crippen molar-refractivity contribution in [1.82, 2.24) is 10.4 Å². The number of hydrazine groups is 1. The van der Waals surface area contributed by atoms with Gasteiger partial charge in [0, 0.05) is 0 Å². The fourth-order valence-electron chi connectivity index (χ4n) is 1.81. The third-order valence-electron chi connectivity index (χ3n) is 2.76. The van der Waals surface area contributed by atoms with Gasteiger partial charge in [-0.1, -0.05) is 6.07 Å². The van der Waals surface area contributed by atoms with Crippen molar-refractivity contribution in [2.75, 3.05) is 0 Å². The van der Waals surface area contributed by atoms with Crippen LogP contribution in [-0.4, -0.2) is 4.98 Å². The third-order valence-corrected chi connectivity index (χ3v) is 2.76. The molecule has 0 bridgehead atoms. The highest BCUT2D eigenvalue weighted by atomic mass is 19.1. The van der Waals surface area contributed by atoms with E-state index in [9.17, 15) is 8.78 Å². The third kappa shape index (κ3) is 2.52. The molecule has 5 heteroatoms. The molecule has 2 aromatic rings. The molecule has 1 aromatic heterocycles. The number of aromatic nitrogens is 1. The van der Waals surface area contributed by atoms with Crippen LogP contribution in [-0.2, 0) is 0 Å². The maximum Gasteiger partial charge on any atom is 0.141 e. The van der Waals surface area contributed by atoms with Crippen molar-refractivity contribution in [3.8, 4) is 0 Å². The number of hydrogen-bond acceptors (Lipinski definition) is 3. The quantitative estimate of drug-likeness (QED) is 0.647. The molecule has 18 heavy (non-hydrogen) atoms. The van der Waals surface area contributed by atoms with Crippen LogP contribution in [0.2, 0.25) is 0 Å². The first-order valence-corrected chi connectivity index (χ1v) is 5.45. The summed E-state index contributed by atoms with van der Waals surface area (Å²) in [6.45, 7) is 1.85. The summed E-state index contributed by atoms with van der Waals surface area (Å²) in [5.74, 6) is 4.71. The van der Waals surface area contributed by atoms with E-state index in [0.717, 1.165) is 11.8 Å². The van der Waals surface area contributed by atoms with Gasteiger partial charge in [0.15, 0.2) is 0 Å². The molecule has 0 amide bonds. The number of hydrogen-bond donors (Lipinski definition) is 2. The topological polar surface area (TPSA) is 50.9 Å². The van der Waals surface area contributed by atoms with E-state index in [1.54, 1.807) is 6.07 Å². The van der Waals surface area contributed by atoms with E-state index in [1.807, 2.05) is 6.92 Å². The molecule has 0 aliphatic heterocycles. The summed E-state index contributed by atoms with van der Waals surface area (Å²) in [5.41, 5.74) is 4.66. The maximum absolute atomic E-state index is 13.3. The van der Waals surface area contributed by atoms with Gasteiger partial charge < -0.3 is 0 Å². The second-order valence-corrected chi connectivity index (χ2v) is 4.00. The van der Waals surface area contributed by atoms with Crippen LogP contribution in [0.15, 0.2) is 36.5 Å². The first-order chi connectivity index (χ1) is 8.61. The SMILES string of the molecule is Cc1ccc(F)cc1C(NN)c1ccc(F)cn1. The van der Waals surface area contributed by atoms with Gasteiger partial charge in [-0.3, -0.25) is 10.8 Å². The summed E-state index contributed by atoms with van der Waals surface area (Å²) in [7, 11) is 0. The molecule has 0 saturated carbocycles. The Kier molecular flexibility index (Phi) is 3.64. The summed E-state index contributed by atoms with van der Waals surface area (Å²) in [6.07, 6.45) is 1.11. The van der Waals surface area contributed by atoms with Crippen molar-refractivity contribution >= 4 is 0 Å². The van der Waals surface area contributed by atoms with Gasteiger partial charge in [0.05, 0.1) is 17.9 Å². The second kappa shape index (κ2) is 5.20. The molecule has 0 radical (unpaired) electrons. The number of nitrogens with zero attached hydrogens (tertiary/aromatic N) is 1. The van der Waals surface area contributed by atoms with Crippen LogP contribution in [0.5, 0.6) is 0 Å². The Morgan fingerprint density at radius 1 is 1.17 bits per heavy atom. The monoisotopic (exact) mass is 249 g/mol. The summed E-state index contributed by atoms with van der Waals surface area (Å²) in [5, 5.41) is 0. The molecule has 3 nitrogen and oxygen atoms in total. The fraction of sp³-hybridized carbons (Fsp3) is 0.154. The Bertz CT molecular complexity index is 540. The lowest BCUT2D eigenvalue weighted by atomic mass is 9.98. The molecule has 94 valence electrons. The molecule has 3 N–H and O–H groups in total. The van der Waals surface area contributed by atoms with Crippen LogP contribution in [0, 0.1) is 18.6 Å². The Morgan fingerprint density at radius 3 is 2.50 bits per heavy atom. The van der Waals surface area contributed by atoms with Gasteiger partial charge in [-0.05, 0) is 42.3 Å². The highest BCUT2D eigenvalue weighted by Crippen LogP contribution is 2.23. The van der Waals surface area contributed by atoms with Crippen molar-refractivity contribution in [2.24, 2.45) is 5.84 Å². The minimum Gasteiger partial charge on any atom is -0.271 e. The predicted molar refractivity (Wildman–Crippen MR) is 64.5 cm³/mol. The Hall–Kier alpha value is -1.85. The smallest absolute Gasteiger partial charge is 0.141 e. The number of halogens is 2. The number of rotatable bonds is 3. The molecular formula is C13H13F2N3. The molecule has 2 rings (SSSR count). The van der Waals surface area contributed by atoms with Crippen LogP contribution in [0.3, 0.4) is 0 Å². The van der Waals surface area contributed by atoms with Gasteiger partial charge in [0.1, 0.15) is 11.6 Å². The summed E-state index contributed by atoms with van der Waals surface area (Å²) in [6, 6.07) is 6.78. The zero-order chi connectivity index (χ0) is 13.1. The minimum atomic E-state index is -0.471. The van der Waals surface area contributed by atoms with Crippen LogP contribution in [0.1, 0.15) is 22.9 Å². The van der Waals surface area contributed by atoms with Crippen molar-refractivity contribution in [3.05, 3.63) is 65.0 Å². The summed E-state index contributed by atoms with van der Waals surface area (Å²) in [4.78, 5) is 3.96. The van der Waals surface area contributed by atoms with Crippen molar-refractivity contribution in [1.29, 1.82) is 0 Å². The normalized spacial score (nSPS) is 12.4. The lowest BCUT2D eigenvalue weighted by molar-refractivity contribution is 0.585. The lowest BCUT2D eigenvalue weighted by Gasteiger charge is -2.18. The van der Waals surface area contributed by atoms with E-state index >= 15 is 0 Å². The first kappa shape index (κ1) is 12.6. The summed E-state index contributed by atoms with van der Waals surface area (Å²) < 4.78 is 26.1. The average molecular weight is 249 g/mol. The highest BCUT2D eigenvalue weighted by molar-refractivity contribution is 5.34. The highest BCUT2D eigenvalue weighted by Gasteiger charge is 2.16. The first-order valence-electron chi connectivity index (χ1n) is 5.45. The maximum atomic E-state index is 13.3. The van der Waals surface area contributed by atoms with E-state index in [1.165, 1.54) is 24.3 Å². The molecule has 1 heterocycles. The molecule has 1 aromatic carbocycles. The van der Waals surface area contributed by atoms with Crippen LogP contribution in [0.25, 0.3) is 0 Å². The van der Waals surface area contributed by atoms with Crippen LogP contribution < -0.4 is 11.3 Å². The standard InChI is InChI=1S/C13H13F2N3/c1-8-2-3-9(14)6-11(8)13(18-16)12-5-4-10(15)7-17-12/h2-7,13,18H,16H2,1H3. The van der Waals surface area contributed by atoms with Gasteiger partial charge in [0.2, 0.25) is 0 Å². The predicted octanol–water partition coefficient (Wildman–Crippen LogP) is 2.22. The van der Waals surface area contributed by atoms with Gasteiger partial charge in [-0.15, -0.1) is 0 Å². The fourth-order valence-corrected chi connectivity index (χ4v) is 1.81. The Balaban J connectivity index is 2.44. The van der Waals surface area contributed by atoms with Gasteiger partial charge in [0.25, 0.3) is 0 Å². The zero-order valence-electron chi connectivity index (χ0n) is 9.82. The van der Waals surface area contributed by atoms with Gasteiger partial charge in [-0.25, -0.2) is 14.2 Å². The molecule has 0 saturated heterocycles. The van der Waals surface area contributed by atoms with E-state index in [4.69, 9.17) is 5.84 Å². The Labute approximate surface area is 104 Å². The molecule has 0 spiro atoms. The van der Waals surface area contributed by atoms with Crippen LogP contribution in [0.4, 0.5) is 8.78 Å². The van der Waals surface area contributed by atoms with Gasteiger partial charge in [-0.2, -0.15) is 0 Å². The van der Waals surface area contributed by atoms with Gasteiger partial charge >= 0.3 is 0 Å². The number of nitrogens with two attached hydrogens (primary N) is 1. The van der Waals surface area contributed by atoms with Crippen LogP contribution >= 0.6 is 0 Å². The van der Waals surface area contributed by atoms with E-state index in [2.05, 4.69) is 10.4 Å². The second-order valence-electron chi connectivity index (χ2n) is 4.00. The molecule has 0 fully saturated rings. The Morgan fingerprint density at radius 2 is 1.89 bits per heavy atom. The van der Waals surface area contributed by atoms with E-state index in [0.29, 0.717) is 11.3 Å². The van der Waals surface area contributed by atoms with E-state index in [-0.39, 0.29) is 5.82 Å². The largest absolute Gasteiger partial charge is 0.271 e. The molecular weight excluding hydrogens is 236 g/mol. The van der Waals surface area contributed by atoms with Crippen molar-refractivity contribution in [3.63, 3.8) is 0 Å². The van der Waals surface area contributed by atoms with E-state index < -0.39 is 11.9 Å². The minimum absolute atomic E-state index is 0.349. The van der Waals surface area contributed by atoms with Crippen molar-refractivity contribution < 1.29 is 8.78 Å². The van der Waals surface area contributed by atoms with Crippen molar-refractivity contribution in [2.45, 2.75) is 13.0 Å². The molecule has 1 atom stereocenters. The number of aryl methyl sites for hydroxylation is 1. The summed E-state index contributed by atoms with van der Waals surface area (Å²) >= 11 is 0. The number of pyridine rings is 1. The number of benzene rings is 1. The zero-order valence-corrected chi connectivity index (χ0v) is 9.82. The molecule has 0 aliphatic carbocycles. The molecule has 1 unspecified atom stereocenters. The number of nitrogens with one attached hydrogen (secondary N) is 1.